The van der Waals surface area contributed by atoms with Crippen LogP contribution in [0.3, 0.4) is 0 Å². The fourth-order valence-electron chi connectivity index (χ4n) is 2.53. The molecule has 0 fully saturated rings. The first-order valence-corrected chi connectivity index (χ1v) is 7.03. The molecule has 1 N–H and O–H groups in total. The van der Waals surface area contributed by atoms with Gasteiger partial charge >= 0.3 is 0 Å². The predicted molar refractivity (Wildman–Crippen MR) is 74.9 cm³/mol. The Morgan fingerprint density at radius 1 is 1.40 bits per heavy atom. The van der Waals surface area contributed by atoms with Gasteiger partial charge in [0.1, 0.15) is 12.4 Å². The summed E-state index contributed by atoms with van der Waals surface area (Å²) in [5.41, 5.74) is 1.14. The van der Waals surface area contributed by atoms with Crippen LogP contribution in [0.1, 0.15) is 36.5 Å². The summed E-state index contributed by atoms with van der Waals surface area (Å²) in [5, 5.41) is 7.37. The van der Waals surface area contributed by atoms with Crippen molar-refractivity contribution in [1.82, 2.24) is 15.5 Å². The molecule has 3 rings (SSSR count). The zero-order valence-corrected chi connectivity index (χ0v) is 11.8. The maximum atomic E-state index is 5.66. The first-order chi connectivity index (χ1) is 9.81. The van der Waals surface area contributed by atoms with E-state index < -0.39 is 0 Å². The highest BCUT2D eigenvalue weighted by atomic mass is 16.5. The van der Waals surface area contributed by atoms with Gasteiger partial charge in [-0.15, -0.1) is 0 Å². The standard InChI is InChI=1S/C15H19N3O2/c1-3-10(16-2)8-14-17-15(18-20-14)12-9-19-13-7-5-4-6-11(12)13/h4-7,10,12,16H,3,8-9H2,1-2H3. The molecule has 0 radical (unpaired) electrons. The molecule has 106 valence electrons. The average Bonchev–Trinajstić information content (AvgIpc) is 3.11. The van der Waals surface area contributed by atoms with Crippen LogP contribution in [0.25, 0.3) is 0 Å². The highest BCUT2D eigenvalue weighted by Gasteiger charge is 2.29. The summed E-state index contributed by atoms with van der Waals surface area (Å²) in [6, 6.07) is 8.39. The van der Waals surface area contributed by atoms with Crippen LogP contribution in [0.5, 0.6) is 5.75 Å². The summed E-state index contributed by atoms with van der Waals surface area (Å²) in [5.74, 6) is 2.41. The molecule has 2 atom stereocenters. The van der Waals surface area contributed by atoms with Gasteiger partial charge < -0.3 is 14.6 Å². The van der Waals surface area contributed by atoms with Crippen LogP contribution in [-0.4, -0.2) is 29.8 Å². The summed E-state index contributed by atoms with van der Waals surface area (Å²) >= 11 is 0. The average molecular weight is 273 g/mol. The molecule has 5 heteroatoms. The van der Waals surface area contributed by atoms with Crippen molar-refractivity contribution in [3.8, 4) is 5.75 Å². The van der Waals surface area contributed by atoms with Gasteiger partial charge in [-0.2, -0.15) is 4.98 Å². The molecule has 0 bridgehead atoms. The normalized spacial score (nSPS) is 18.6. The van der Waals surface area contributed by atoms with Crippen molar-refractivity contribution in [2.75, 3.05) is 13.7 Å². The van der Waals surface area contributed by atoms with Crippen LogP contribution in [0.15, 0.2) is 28.8 Å². The van der Waals surface area contributed by atoms with Crippen molar-refractivity contribution >= 4 is 0 Å². The van der Waals surface area contributed by atoms with E-state index in [1.54, 1.807) is 0 Å². The van der Waals surface area contributed by atoms with E-state index >= 15 is 0 Å². The number of benzene rings is 1. The molecule has 1 aliphatic heterocycles. The Morgan fingerprint density at radius 2 is 2.25 bits per heavy atom. The van der Waals surface area contributed by atoms with Crippen LogP contribution in [-0.2, 0) is 6.42 Å². The third kappa shape index (κ3) is 2.41. The summed E-state index contributed by atoms with van der Waals surface area (Å²) in [6.07, 6.45) is 1.79. The summed E-state index contributed by atoms with van der Waals surface area (Å²) in [4.78, 5) is 4.53. The number of aromatic nitrogens is 2. The fourth-order valence-corrected chi connectivity index (χ4v) is 2.53. The molecule has 1 aromatic heterocycles. The Kier molecular flexibility index (Phi) is 3.69. The number of nitrogens with one attached hydrogen (secondary N) is 1. The van der Waals surface area contributed by atoms with E-state index in [-0.39, 0.29) is 5.92 Å². The monoisotopic (exact) mass is 273 g/mol. The quantitative estimate of drug-likeness (QED) is 0.904. The van der Waals surface area contributed by atoms with Crippen molar-refractivity contribution in [2.24, 2.45) is 0 Å². The third-order valence-electron chi connectivity index (χ3n) is 3.82. The molecule has 0 spiro atoms. The first-order valence-electron chi connectivity index (χ1n) is 7.03. The zero-order valence-electron chi connectivity index (χ0n) is 11.8. The summed E-state index contributed by atoms with van der Waals surface area (Å²) < 4.78 is 11.0. The number of ether oxygens (including phenoxy) is 1. The molecule has 0 aliphatic carbocycles. The van der Waals surface area contributed by atoms with Crippen LogP contribution in [0, 0.1) is 0 Å². The highest BCUT2D eigenvalue weighted by molar-refractivity contribution is 5.42. The molecule has 5 nitrogen and oxygen atoms in total. The van der Waals surface area contributed by atoms with E-state index in [0.29, 0.717) is 18.5 Å². The van der Waals surface area contributed by atoms with Crippen LogP contribution in [0.2, 0.25) is 0 Å². The number of likely N-dealkylation sites (N-methyl/N-ethyl adjacent to an activating group) is 1. The minimum absolute atomic E-state index is 0.0818. The smallest absolute Gasteiger partial charge is 0.228 e. The summed E-state index contributed by atoms with van der Waals surface area (Å²) in [7, 11) is 1.95. The maximum absolute atomic E-state index is 5.66. The van der Waals surface area contributed by atoms with Crippen molar-refractivity contribution in [2.45, 2.75) is 31.7 Å². The molecule has 1 aliphatic rings. The molecule has 0 saturated carbocycles. The second-order valence-electron chi connectivity index (χ2n) is 5.05. The van der Waals surface area contributed by atoms with Gasteiger partial charge in [0, 0.05) is 18.0 Å². The Morgan fingerprint density at radius 3 is 3.05 bits per heavy atom. The Hall–Kier alpha value is -1.88. The van der Waals surface area contributed by atoms with Crippen molar-refractivity contribution in [3.63, 3.8) is 0 Å². The SMILES string of the molecule is CCC(Cc1nc(C2COc3ccccc32)no1)NC. The van der Waals surface area contributed by atoms with Gasteiger partial charge in [0.2, 0.25) is 5.89 Å². The van der Waals surface area contributed by atoms with Crippen LogP contribution < -0.4 is 10.1 Å². The molecular weight excluding hydrogens is 254 g/mol. The Labute approximate surface area is 118 Å². The molecule has 0 saturated heterocycles. The van der Waals surface area contributed by atoms with Crippen molar-refractivity contribution in [1.29, 1.82) is 0 Å². The van der Waals surface area contributed by atoms with E-state index in [0.717, 1.165) is 30.0 Å². The van der Waals surface area contributed by atoms with Crippen LogP contribution >= 0.6 is 0 Å². The largest absolute Gasteiger partial charge is 0.492 e. The lowest BCUT2D eigenvalue weighted by molar-refractivity contribution is 0.329. The van der Waals surface area contributed by atoms with Gasteiger partial charge in [-0.1, -0.05) is 30.3 Å². The van der Waals surface area contributed by atoms with E-state index in [2.05, 4.69) is 28.4 Å². The number of para-hydroxylation sites is 1. The second-order valence-corrected chi connectivity index (χ2v) is 5.05. The molecule has 20 heavy (non-hydrogen) atoms. The number of fused-ring (bicyclic) bond motifs is 1. The Bertz CT molecular complexity index is 578. The fraction of sp³-hybridized carbons (Fsp3) is 0.467. The minimum atomic E-state index is 0.0818. The number of hydrogen-bond acceptors (Lipinski definition) is 5. The number of hydrogen-bond donors (Lipinski definition) is 1. The van der Waals surface area contributed by atoms with Gasteiger partial charge in [0.15, 0.2) is 5.82 Å². The van der Waals surface area contributed by atoms with E-state index in [4.69, 9.17) is 9.26 Å². The molecule has 2 unspecified atom stereocenters. The highest BCUT2D eigenvalue weighted by Crippen LogP contribution is 2.36. The lowest BCUT2D eigenvalue weighted by atomic mass is 10.0. The predicted octanol–water partition coefficient (Wildman–Crippen LogP) is 2.13. The van der Waals surface area contributed by atoms with Gasteiger partial charge in [0.25, 0.3) is 0 Å². The maximum Gasteiger partial charge on any atom is 0.228 e. The van der Waals surface area contributed by atoms with Crippen molar-refractivity contribution in [3.05, 3.63) is 41.5 Å². The van der Waals surface area contributed by atoms with E-state index in [1.165, 1.54) is 0 Å². The first kappa shape index (κ1) is 13.1. The van der Waals surface area contributed by atoms with Gasteiger partial charge in [-0.25, -0.2) is 0 Å². The Balaban J connectivity index is 1.78. The third-order valence-corrected chi connectivity index (χ3v) is 3.82. The van der Waals surface area contributed by atoms with E-state index in [1.807, 2.05) is 25.2 Å². The van der Waals surface area contributed by atoms with Gasteiger partial charge in [-0.3, -0.25) is 0 Å². The minimum Gasteiger partial charge on any atom is -0.492 e. The molecule has 0 amide bonds. The lowest BCUT2D eigenvalue weighted by Gasteiger charge is -2.09. The second kappa shape index (κ2) is 5.63. The molecule has 2 heterocycles. The molecule has 1 aromatic carbocycles. The lowest BCUT2D eigenvalue weighted by Crippen LogP contribution is -2.26. The zero-order chi connectivity index (χ0) is 13.9. The van der Waals surface area contributed by atoms with Crippen LogP contribution in [0.4, 0.5) is 0 Å². The van der Waals surface area contributed by atoms with Crippen molar-refractivity contribution < 1.29 is 9.26 Å². The summed E-state index contributed by atoms with van der Waals surface area (Å²) in [6.45, 7) is 2.72. The molecule has 2 aromatic rings. The topological polar surface area (TPSA) is 60.2 Å². The van der Waals surface area contributed by atoms with Gasteiger partial charge in [0.05, 0.1) is 5.92 Å². The van der Waals surface area contributed by atoms with E-state index in [9.17, 15) is 0 Å². The number of nitrogens with zero attached hydrogens (tertiary/aromatic N) is 2. The van der Waals surface area contributed by atoms with Gasteiger partial charge in [-0.05, 0) is 19.5 Å². The number of rotatable bonds is 5. The molecular formula is C15H19N3O2.